The first-order chi connectivity index (χ1) is 10.4. The van der Waals surface area contributed by atoms with E-state index in [9.17, 15) is 12.6 Å². The van der Waals surface area contributed by atoms with Gasteiger partial charge >= 0.3 is 0 Å². The van der Waals surface area contributed by atoms with Gasteiger partial charge in [0.25, 0.3) is 10.0 Å². The predicted molar refractivity (Wildman–Crippen MR) is 91.5 cm³/mol. The van der Waals surface area contributed by atoms with E-state index in [1.807, 2.05) is 31.2 Å². The molecule has 0 bridgehead atoms. The third kappa shape index (κ3) is 4.82. The van der Waals surface area contributed by atoms with Gasteiger partial charge in [-0.25, -0.2) is 8.42 Å². The van der Waals surface area contributed by atoms with Crippen LogP contribution < -0.4 is 4.72 Å². The molecular weight excluding hydrogens is 318 g/mol. The molecule has 2 rings (SSSR count). The van der Waals surface area contributed by atoms with Gasteiger partial charge in [-0.2, -0.15) is 0 Å². The van der Waals surface area contributed by atoms with E-state index >= 15 is 0 Å². The van der Waals surface area contributed by atoms with Crippen LogP contribution in [0.4, 0.5) is 5.69 Å². The molecule has 116 valence electrons. The highest BCUT2D eigenvalue weighted by atomic mass is 32.2. The summed E-state index contributed by atoms with van der Waals surface area (Å²) >= 11 is 0. The van der Waals surface area contributed by atoms with Crippen LogP contribution in [0.15, 0.2) is 58.8 Å². The predicted octanol–water partition coefficient (Wildman–Crippen LogP) is 3.15. The number of aryl methyl sites for hydroxylation is 1. The first-order valence-corrected chi connectivity index (χ1v) is 9.67. The zero-order valence-electron chi connectivity index (χ0n) is 12.3. The molecule has 2 aromatic carbocycles. The summed E-state index contributed by atoms with van der Waals surface area (Å²) in [5, 5.41) is 1.13. The van der Waals surface area contributed by atoms with Gasteiger partial charge in [0.05, 0.1) is 5.41 Å². The zero-order chi connectivity index (χ0) is 16.2. The SMILES string of the molecule is Cc1ccc(/C=C/S(=O)(=O)Nc2ccc([S@@](C)=O)cc2)cc1. The molecule has 0 aliphatic rings. The number of sulfonamides is 1. The molecule has 22 heavy (non-hydrogen) atoms. The minimum absolute atomic E-state index is 0.433. The topological polar surface area (TPSA) is 63.2 Å². The first-order valence-electron chi connectivity index (χ1n) is 6.57. The van der Waals surface area contributed by atoms with Crippen LogP contribution >= 0.6 is 0 Å². The summed E-state index contributed by atoms with van der Waals surface area (Å²) in [6.45, 7) is 1.97. The summed E-state index contributed by atoms with van der Waals surface area (Å²) < 4.78 is 37.7. The normalized spacial score (nSPS) is 13.2. The van der Waals surface area contributed by atoms with Crippen LogP contribution in [0.25, 0.3) is 6.08 Å². The largest absolute Gasteiger partial charge is 0.280 e. The Bertz CT molecular complexity index is 792. The lowest BCUT2D eigenvalue weighted by Crippen LogP contribution is -2.08. The fourth-order valence-corrected chi connectivity index (χ4v) is 3.15. The van der Waals surface area contributed by atoms with E-state index in [0.29, 0.717) is 10.6 Å². The standard InChI is InChI=1S/C16H17NO3S2/c1-13-3-5-14(6-4-13)11-12-22(19,20)17-15-7-9-16(10-8-15)21(2)18/h3-12,17H,1-2H3/b12-11+/t21-/m1/s1. The second kappa shape index (κ2) is 6.89. The molecule has 0 fully saturated rings. The van der Waals surface area contributed by atoms with E-state index in [2.05, 4.69) is 4.72 Å². The molecule has 0 aliphatic carbocycles. The minimum Gasteiger partial charge on any atom is -0.280 e. The Morgan fingerprint density at radius 2 is 1.59 bits per heavy atom. The Morgan fingerprint density at radius 3 is 2.14 bits per heavy atom. The van der Waals surface area contributed by atoms with Crippen molar-refractivity contribution in [3.8, 4) is 0 Å². The highest BCUT2D eigenvalue weighted by Crippen LogP contribution is 2.14. The quantitative estimate of drug-likeness (QED) is 0.913. The summed E-state index contributed by atoms with van der Waals surface area (Å²) in [6, 6.07) is 14.0. The van der Waals surface area contributed by atoms with Gasteiger partial charge in [-0.3, -0.25) is 8.93 Å². The van der Waals surface area contributed by atoms with Crippen molar-refractivity contribution in [3.05, 3.63) is 65.1 Å². The highest BCUT2D eigenvalue weighted by Gasteiger charge is 2.06. The van der Waals surface area contributed by atoms with Gasteiger partial charge in [0, 0.05) is 27.6 Å². The van der Waals surface area contributed by atoms with Crippen LogP contribution in [-0.2, 0) is 20.8 Å². The third-order valence-corrected chi connectivity index (χ3v) is 4.91. The molecule has 0 aliphatic heterocycles. The summed E-state index contributed by atoms with van der Waals surface area (Å²) in [5.41, 5.74) is 2.36. The maximum absolute atomic E-state index is 12.0. The van der Waals surface area contributed by atoms with Gasteiger partial charge in [0.1, 0.15) is 0 Å². The summed E-state index contributed by atoms with van der Waals surface area (Å²) in [6.07, 6.45) is 3.11. The monoisotopic (exact) mass is 335 g/mol. The van der Waals surface area contributed by atoms with E-state index in [1.165, 1.54) is 6.08 Å². The zero-order valence-corrected chi connectivity index (χ0v) is 13.9. The van der Waals surface area contributed by atoms with Gasteiger partial charge in [-0.1, -0.05) is 29.8 Å². The molecule has 6 heteroatoms. The number of hydrogen-bond acceptors (Lipinski definition) is 3. The molecule has 0 spiro atoms. The Kier molecular flexibility index (Phi) is 5.15. The lowest BCUT2D eigenvalue weighted by atomic mass is 10.2. The van der Waals surface area contributed by atoms with E-state index in [-0.39, 0.29) is 0 Å². The van der Waals surface area contributed by atoms with Crippen molar-refractivity contribution in [2.45, 2.75) is 11.8 Å². The third-order valence-electron chi connectivity index (χ3n) is 2.96. The second-order valence-electron chi connectivity index (χ2n) is 4.84. The fourth-order valence-electron chi connectivity index (χ4n) is 1.76. The Labute approximate surface area is 133 Å². The maximum atomic E-state index is 12.0. The van der Waals surface area contributed by atoms with Gasteiger partial charge in [0.2, 0.25) is 0 Å². The lowest BCUT2D eigenvalue weighted by molar-refractivity contribution is 0.609. The smallest absolute Gasteiger partial charge is 0.255 e. The molecule has 2 aromatic rings. The average Bonchev–Trinajstić information content (AvgIpc) is 2.47. The number of hydrogen-bond donors (Lipinski definition) is 1. The Hall–Kier alpha value is -1.92. The molecule has 0 heterocycles. The summed E-state index contributed by atoms with van der Waals surface area (Å²) in [4.78, 5) is 0.651. The first kappa shape index (κ1) is 16.5. The molecule has 0 radical (unpaired) electrons. The van der Waals surface area contributed by atoms with Crippen molar-refractivity contribution in [1.29, 1.82) is 0 Å². The molecule has 0 saturated heterocycles. The van der Waals surface area contributed by atoms with Crippen molar-refractivity contribution >= 4 is 32.6 Å². The van der Waals surface area contributed by atoms with Gasteiger partial charge < -0.3 is 0 Å². The van der Waals surface area contributed by atoms with Crippen LogP contribution in [0.2, 0.25) is 0 Å². The molecular formula is C16H17NO3S2. The summed E-state index contributed by atoms with van der Waals surface area (Å²) in [7, 11) is -4.66. The van der Waals surface area contributed by atoms with Crippen LogP contribution in [0.5, 0.6) is 0 Å². The number of anilines is 1. The van der Waals surface area contributed by atoms with Crippen LogP contribution in [0.3, 0.4) is 0 Å². The number of rotatable bonds is 5. The van der Waals surface area contributed by atoms with E-state index < -0.39 is 20.8 Å². The van der Waals surface area contributed by atoms with Gasteiger partial charge in [0.15, 0.2) is 0 Å². The van der Waals surface area contributed by atoms with Crippen LogP contribution in [0.1, 0.15) is 11.1 Å². The maximum Gasteiger partial charge on any atom is 0.255 e. The Morgan fingerprint density at radius 1 is 1.00 bits per heavy atom. The lowest BCUT2D eigenvalue weighted by Gasteiger charge is -2.05. The van der Waals surface area contributed by atoms with E-state index in [1.54, 1.807) is 30.5 Å². The number of benzene rings is 2. The van der Waals surface area contributed by atoms with Crippen molar-refractivity contribution in [2.24, 2.45) is 0 Å². The fraction of sp³-hybridized carbons (Fsp3) is 0.125. The van der Waals surface area contributed by atoms with Crippen LogP contribution in [-0.4, -0.2) is 18.9 Å². The molecule has 4 nitrogen and oxygen atoms in total. The molecule has 1 atom stereocenters. The van der Waals surface area contributed by atoms with Crippen molar-refractivity contribution < 1.29 is 12.6 Å². The van der Waals surface area contributed by atoms with Gasteiger partial charge in [-0.05, 0) is 42.8 Å². The molecule has 0 unspecified atom stereocenters. The summed E-state index contributed by atoms with van der Waals surface area (Å²) in [5.74, 6) is 0. The molecule has 0 saturated carbocycles. The van der Waals surface area contributed by atoms with E-state index in [0.717, 1.165) is 16.5 Å². The van der Waals surface area contributed by atoms with Crippen molar-refractivity contribution in [1.82, 2.24) is 0 Å². The van der Waals surface area contributed by atoms with E-state index in [4.69, 9.17) is 0 Å². The average molecular weight is 335 g/mol. The van der Waals surface area contributed by atoms with Crippen molar-refractivity contribution in [2.75, 3.05) is 11.0 Å². The van der Waals surface area contributed by atoms with Crippen LogP contribution in [0, 0.1) is 6.92 Å². The van der Waals surface area contributed by atoms with Gasteiger partial charge in [-0.15, -0.1) is 0 Å². The Balaban J connectivity index is 2.10. The second-order valence-corrected chi connectivity index (χ2v) is 7.78. The molecule has 1 N–H and O–H groups in total. The van der Waals surface area contributed by atoms with Crippen molar-refractivity contribution in [3.63, 3.8) is 0 Å². The highest BCUT2D eigenvalue weighted by molar-refractivity contribution is 7.95. The number of nitrogens with one attached hydrogen (secondary N) is 1. The minimum atomic E-state index is -3.58. The molecule has 0 amide bonds. The molecule has 0 aromatic heterocycles.